The van der Waals surface area contributed by atoms with E-state index in [1.807, 2.05) is 12.1 Å². The molecule has 2 aliphatic rings. The molecule has 2 aliphatic carbocycles. The first-order chi connectivity index (χ1) is 18.4. The average Bonchev–Trinajstić information content (AvgIpc) is 3.47. The Morgan fingerprint density at radius 1 is 0.605 bits per heavy atom. The predicted octanol–water partition coefficient (Wildman–Crippen LogP) is 10.1. The van der Waals surface area contributed by atoms with Gasteiger partial charge in [0.1, 0.15) is 0 Å². The molecule has 6 rings (SSSR count). The molecule has 38 heavy (non-hydrogen) atoms. The molecule has 0 heterocycles. The molecule has 4 heteroatoms. The van der Waals surface area contributed by atoms with Crippen LogP contribution in [0.3, 0.4) is 0 Å². The molecule has 0 aromatic heterocycles. The molecule has 0 fully saturated rings. The Morgan fingerprint density at radius 3 is 1.29 bits per heavy atom. The summed E-state index contributed by atoms with van der Waals surface area (Å²) in [7, 11) is 11.2. The maximum absolute atomic E-state index is 5.62. The van der Waals surface area contributed by atoms with Crippen molar-refractivity contribution in [3.63, 3.8) is 0 Å². The van der Waals surface area contributed by atoms with Gasteiger partial charge in [-0.1, -0.05) is 85.7 Å². The monoisotopic (exact) mass is 628 g/mol. The van der Waals surface area contributed by atoms with E-state index in [9.17, 15) is 0 Å². The zero-order chi connectivity index (χ0) is 27.1. The number of rotatable bonds is 2. The molecule has 0 radical (unpaired) electrons. The third-order valence-electron chi connectivity index (χ3n) is 6.90. The standard InChI is InChI=1S/2C16H13.C2H6Si.2ClH.Zr/c2*1-12-15-10-6-5-9-14(15)11-16(12)13-7-3-2-4-8-13;1-3-2;;;/h2*2-9H,11H2,1H3;1-2H3;2*1H;/q2*-1;;;;+2/p-2. The van der Waals surface area contributed by atoms with Gasteiger partial charge in [0.2, 0.25) is 0 Å². The molecule has 0 unspecified atom stereocenters. The van der Waals surface area contributed by atoms with Gasteiger partial charge in [0.05, 0.1) is 0 Å². The second kappa shape index (κ2) is 13.9. The van der Waals surface area contributed by atoms with E-state index in [2.05, 4.69) is 124 Å². The first-order valence-corrected chi connectivity index (χ1v) is 25.4. The van der Waals surface area contributed by atoms with E-state index in [1.54, 1.807) is 0 Å². The van der Waals surface area contributed by atoms with Crippen LogP contribution < -0.4 is 0 Å². The Labute approximate surface area is 243 Å². The van der Waals surface area contributed by atoms with Gasteiger partial charge in [0.25, 0.3) is 0 Å². The topological polar surface area (TPSA) is 0 Å². The summed E-state index contributed by atoms with van der Waals surface area (Å²) in [4.78, 5) is 0. The quantitative estimate of drug-likeness (QED) is 0.153. The van der Waals surface area contributed by atoms with Crippen LogP contribution in [0.4, 0.5) is 0 Å². The van der Waals surface area contributed by atoms with Crippen molar-refractivity contribution in [1.29, 1.82) is 0 Å². The first kappa shape index (κ1) is 29.0. The van der Waals surface area contributed by atoms with Gasteiger partial charge in [-0.25, -0.2) is 0 Å². The summed E-state index contributed by atoms with van der Waals surface area (Å²) >= 11 is -1.65. The Bertz CT molecular complexity index is 1380. The van der Waals surface area contributed by atoms with E-state index < -0.39 is 18.0 Å². The Balaban J connectivity index is 0.000000147. The maximum atomic E-state index is 5.62. The zero-order valence-electron chi connectivity index (χ0n) is 22.4. The van der Waals surface area contributed by atoms with Crippen molar-refractivity contribution in [3.05, 3.63) is 143 Å². The van der Waals surface area contributed by atoms with Crippen LogP contribution in [0.5, 0.6) is 0 Å². The van der Waals surface area contributed by atoms with E-state index in [0.29, 0.717) is 0 Å². The molecule has 0 spiro atoms. The molecule has 0 N–H and O–H groups in total. The van der Waals surface area contributed by atoms with Gasteiger partial charge in [0.15, 0.2) is 0 Å². The summed E-state index contributed by atoms with van der Waals surface area (Å²) in [5, 5.41) is 0. The zero-order valence-corrected chi connectivity index (χ0v) is 27.4. The van der Waals surface area contributed by atoms with E-state index >= 15 is 0 Å². The van der Waals surface area contributed by atoms with Crippen LogP contribution in [-0.4, -0.2) is 5.43 Å². The van der Waals surface area contributed by atoms with E-state index in [-0.39, 0.29) is 5.43 Å². The van der Waals surface area contributed by atoms with Gasteiger partial charge >= 0.3 is 53.5 Å². The van der Waals surface area contributed by atoms with Crippen LogP contribution in [0.25, 0.3) is 22.3 Å². The van der Waals surface area contributed by atoms with Crippen molar-refractivity contribution in [3.8, 4) is 0 Å². The molecule has 0 atom stereocenters. The second-order valence-corrected chi connectivity index (χ2v) is 32.7. The summed E-state index contributed by atoms with van der Waals surface area (Å²) in [6.07, 6.45) is 2.09. The van der Waals surface area contributed by atoms with Gasteiger partial charge in [-0.2, -0.15) is 0 Å². The van der Waals surface area contributed by atoms with Crippen LogP contribution in [-0.2, 0) is 30.8 Å². The predicted molar refractivity (Wildman–Crippen MR) is 165 cm³/mol. The van der Waals surface area contributed by atoms with Gasteiger partial charge in [-0.15, -0.1) is 81.9 Å². The summed E-state index contributed by atoms with van der Waals surface area (Å²) in [6.45, 7) is 8.73. The molecule has 0 bridgehead atoms. The van der Waals surface area contributed by atoms with E-state index in [0.717, 1.165) is 12.8 Å². The number of allylic oxidation sites excluding steroid dienone is 4. The van der Waals surface area contributed by atoms with Crippen molar-refractivity contribution in [1.82, 2.24) is 0 Å². The van der Waals surface area contributed by atoms with Gasteiger partial charge in [0, 0.05) is 0 Å². The molecular formula is C34H32Cl2SiZr-2. The first-order valence-electron chi connectivity index (χ1n) is 12.9. The van der Waals surface area contributed by atoms with Crippen molar-refractivity contribution in [2.75, 3.05) is 0 Å². The fourth-order valence-corrected chi connectivity index (χ4v) is 4.80. The van der Waals surface area contributed by atoms with Crippen molar-refractivity contribution in [2.24, 2.45) is 0 Å². The van der Waals surface area contributed by atoms with Gasteiger partial charge < -0.3 is 0 Å². The van der Waals surface area contributed by atoms with Crippen LogP contribution in [0, 0.1) is 12.1 Å². The SMILES string of the molecule is CC1=C(c2ccccc2)Cc2ccc[c-]c21.CC1=C(c2ccccc2)Cc2ccc[c-]c21.C[Si](C)=[Zr]([Cl])[Cl]. The minimum atomic E-state index is -1.65. The van der Waals surface area contributed by atoms with Gasteiger partial charge in [-0.3, -0.25) is 0 Å². The van der Waals surface area contributed by atoms with Gasteiger partial charge in [-0.05, 0) is 24.0 Å². The summed E-state index contributed by atoms with van der Waals surface area (Å²) in [6, 6.07) is 40.5. The molecule has 4 aromatic rings. The van der Waals surface area contributed by atoms with Crippen LogP contribution >= 0.6 is 17.0 Å². The normalized spacial score (nSPS) is 13.1. The summed E-state index contributed by atoms with van der Waals surface area (Å²) in [5.41, 5.74) is 13.5. The molecule has 4 aromatic carbocycles. The second-order valence-electron chi connectivity index (χ2n) is 9.69. The van der Waals surface area contributed by atoms with Crippen molar-refractivity contribution in [2.45, 2.75) is 39.8 Å². The van der Waals surface area contributed by atoms with E-state index in [1.165, 1.54) is 55.7 Å². The third kappa shape index (κ3) is 7.16. The number of fused-ring (bicyclic) bond motifs is 2. The van der Waals surface area contributed by atoms with Crippen molar-refractivity contribution >= 4 is 44.8 Å². The molecule has 0 saturated carbocycles. The van der Waals surface area contributed by atoms with E-state index in [4.69, 9.17) is 17.0 Å². The Hall–Kier alpha value is -1.96. The summed E-state index contributed by atoms with van der Waals surface area (Å²) in [5.74, 6) is 0. The average molecular weight is 631 g/mol. The van der Waals surface area contributed by atoms with Crippen LogP contribution in [0.15, 0.2) is 97.1 Å². The fraction of sp³-hybridized carbons (Fsp3) is 0.176. The Kier molecular flexibility index (Phi) is 10.6. The Morgan fingerprint density at radius 2 is 0.974 bits per heavy atom. The molecule has 0 aliphatic heterocycles. The molecular weight excluding hydrogens is 599 g/mol. The van der Waals surface area contributed by atoms with Crippen LogP contribution in [0.2, 0.25) is 13.1 Å². The number of hydrogen-bond acceptors (Lipinski definition) is 0. The number of hydrogen-bond donors (Lipinski definition) is 0. The summed E-state index contributed by atoms with van der Waals surface area (Å²) < 4.78 is 0. The number of halogens is 2. The molecule has 0 saturated heterocycles. The van der Waals surface area contributed by atoms with Crippen molar-refractivity contribution < 1.29 is 18.0 Å². The third-order valence-corrected chi connectivity index (χ3v) is 26.6. The van der Waals surface area contributed by atoms with Crippen LogP contribution in [0.1, 0.15) is 47.2 Å². The fourth-order valence-electron chi connectivity index (χ4n) is 4.80. The molecule has 192 valence electrons. The number of benzene rings is 4. The molecule has 0 amide bonds. The minimum absolute atomic E-state index is 0.224. The molecule has 0 nitrogen and oxygen atoms in total.